The average Bonchev–Trinajstić information content (AvgIpc) is 2.18. The Balaban J connectivity index is 2.17. The molecule has 2 nitrogen and oxygen atoms in total. The second kappa shape index (κ2) is 6.23. The van der Waals surface area contributed by atoms with Gasteiger partial charge >= 0.3 is 0 Å². The molecule has 1 saturated heterocycles. The molecule has 1 fully saturated rings. The van der Waals surface area contributed by atoms with Gasteiger partial charge in [-0.25, -0.2) is 0 Å². The van der Waals surface area contributed by atoms with Crippen molar-refractivity contribution in [1.82, 2.24) is 0 Å². The van der Waals surface area contributed by atoms with Gasteiger partial charge in [-0.05, 0) is 17.3 Å². The highest BCUT2D eigenvalue weighted by Crippen LogP contribution is 2.12. The van der Waals surface area contributed by atoms with Crippen molar-refractivity contribution in [3.63, 3.8) is 0 Å². The van der Waals surface area contributed by atoms with Gasteiger partial charge in [-0.15, -0.1) is 0 Å². The Labute approximate surface area is 88.8 Å². The number of Topliss-reactive ketones (excluding diaryl/α,β-unsaturated/α-hetero) is 2. The smallest absolute Gasteiger partial charge is 0.181 e. The second-order valence-corrected chi connectivity index (χ2v) is 6.18. The minimum Gasteiger partial charge on any atom is -0.299 e. The van der Waals surface area contributed by atoms with Gasteiger partial charge in [0, 0.05) is 6.42 Å². The third-order valence-electron chi connectivity index (χ3n) is 2.51. The number of ketones is 2. The maximum Gasteiger partial charge on any atom is 0.181 e. The summed E-state index contributed by atoms with van der Waals surface area (Å²) in [6.07, 6.45) is 4.29. The number of carbonyl (C=O) groups is 2. The Bertz CT molecular complexity index is 203. The summed E-state index contributed by atoms with van der Waals surface area (Å²) in [5.41, 5.74) is 0. The minimum atomic E-state index is 0.231. The lowest BCUT2D eigenvalue weighted by molar-refractivity contribution is -0.119. The van der Waals surface area contributed by atoms with E-state index in [-0.39, 0.29) is 10.9 Å². The van der Waals surface area contributed by atoms with Gasteiger partial charge in [0.05, 0.1) is 12.8 Å². The molecule has 0 aliphatic carbocycles. The Morgan fingerprint density at radius 3 is 2.57 bits per heavy atom. The fourth-order valence-corrected chi connectivity index (χ4v) is 3.69. The first-order valence-corrected chi connectivity index (χ1v) is 7.13. The number of carbonyl (C=O) groups excluding carboxylic acids is 2. The maximum absolute atomic E-state index is 11.5. The predicted octanol–water partition coefficient (Wildman–Crippen LogP) is 1.73. The summed E-state index contributed by atoms with van der Waals surface area (Å²) in [6, 6.07) is 0. The van der Waals surface area contributed by atoms with Crippen molar-refractivity contribution < 1.29 is 9.59 Å². The molecular weight excluding hydrogens is 196 g/mol. The molecule has 0 saturated carbocycles. The normalized spacial score (nSPS) is 18.5. The van der Waals surface area contributed by atoms with Crippen molar-refractivity contribution in [2.24, 2.45) is 0 Å². The van der Waals surface area contributed by atoms with Gasteiger partial charge in [-0.2, -0.15) is 0 Å². The lowest BCUT2D eigenvalue weighted by Crippen LogP contribution is -2.29. The van der Waals surface area contributed by atoms with Gasteiger partial charge < -0.3 is 0 Å². The van der Waals surface area contributed by atoms with Crippen LogP contribution < -0.4 is 0 Å². The number of hydrogen-bond donors (Lipinski definition) is 0. The molecule has 80 valence electrons. The zero-order valence-electron chi connectivity index (χ0n) is 8.88. The summed E-state index contributed by atoms with van der Waals surface area (Å²) < 4.78 is 0. The molecule has 1 aliphatic rings. The molecule has 0 aromatic rings. The van der Waals surface area contributed by atoms with E-state index in [4.69, 9.17) is 0 Å². The molecule has 0 radical (unpaired) electrons. The van der Waals surface area contributed by atoms with E-state index < -0.39 is 0 Å². The van der Waals surface area contributed by atoms with Crippen LogP contribution in [0.1, 0.15) is 39.0 Å². The van der Waals surface area contributed by atoms with Crippen molar-refractivity contribution in [1.29, 1.82) is 0 Å². The fraction of sp³-hybridized carbons (Fsp3) is 0.818. The quantitative estimate of drug-likeness (QED) is 0.654. The molecule has 14 heavy (non-hydrogen) atoms. The highest BCUT2D eigenvalue weighted by Gasteiger charge is 2.28. The highest BCUT2D eigenvalue weighted by molar-refractivity contribution is 7.97. The summed E-state index contributed by atoms with van der Waals surface area (Å²) in [5.74, 6) is 3.47. The molecule has 3 heteroatoms. The van der Waals surface area contributed by atoms with Gasteiger partial charge in [0.1, 0.15) is 17.3 Å². The van der Waals surface area contributed by atoms with Crippen molar-refractivity contribution >= 4 is 22.5 Å². The van der Waals surface area contributed by atoms with Crippen molar-refractivity contribution in [2.75, 3.05) is 17.3 Å². The number of rotatable bonds is 5. The van der Waals surface area contributed by atoms with E-state index in [0.29, 0.717) is 24.4 Å². The van der Waals surface area contributed by atoms with Gasteiger partial charge in [0.15, 0.2) is 11.5 Å². The zero-order chi connectivity index (χ0) is 10.4. The number of unbranched alkanes of at least 4 members (excludes halogenated alkanes) is 1. The van der Waals surface area contributed by atoms with E-state index in [1.54, 1.807) is 0 Å². The molecule has 0 amide bonds. The van der Waals surface area contributed by atoms with E-state index in [1.807, 2.05) is 0 Å². The van der Waals surface area contributed by atoms with Crippen LogP contribution in [0.5, 0.6) is 0 Å². The number of hydrogen-bond acceptors (Lipinski definition) is 2. The van der Waals surface area contributed by atoms with E-state index in [0.717, 1.165) is 36.5 Å². The third kappa shape index (κ3) is 4.27. The predicted molar refractivity (Wildman–Crippen MR) is 60.7 cm³/mol. The Morgan fingerprint density at radius 1 is 1.36 bits per heavy atom. The molecule has 0 aromatic heterocycles. The summed E-state index contributed by atoms with van der Waals surface area (Å²) in [5, 5.41) is 0. The molecule has 1 rings (SSSR count). The van der Waals surface area contributed by atoms with Crippen LogP contribution in [0, 0.1) is 0 Å². The third-order valence-corrected chi connectivity index (χ3v) is 4.81. The molecule has 0 spiro atoms. The standard InChI is InChI=1S/C11H19O2S/c1-2-3-4-11(13)9-14-7-5-10(12)6-8-14/h2-9H2,1H3/q+1. The van der Waals surface area contributed by atoms with Crippen molar-refractivity contribution in [3.05, 3.63) is 0 Å². The van der Waals surface area contributed by atoms with Gasteiger partial charge in [0.2, 0.25) is 0 Å². The van der Waals surface area contributed by atoms with Crippen LogP contribution in [-0.4, -0.2) is 28.8 Å². The molecule has 1 heterocycles. The fourth-order valence-electron chi connectivity index (χ4n) is 1.56. The SMILES string of the molecule is CCCCC(=O)C[S+]1CCC(=O)CC1. The molecule has 0 aromatic carbocycles. The lowest BCUT2D eigenvalue weighted by atomic mass is 10.2. The van der Waals surface area contributed by atoms with E-state index in [9.17, 15) is 9.59 Å². The van der Waals surface area contributed by atoms with Crippen LogP contribution in [0.2, 0.25) is 0 Å². The van der Waals surface area contributed by atoms with Crippen molar-refractivity contribution in [3.8, 4) is 0 Å². The largest absolute Gasteiger partial charge is 0.299 e. The second-order valence-electron chi connectivity index (χ2n) is 3.85. The molecule has 0 N–H and O–H groups in total. The minimum absolute atomic E-state index is 0.231. The van der Waals surface area contributed by atoms with Crippen LogP contribution in [-0.2, 0) is 20.5 Å². The topological polar surface area (TPSA) is 34.1 Å². The molecule has 1 aliphatic heterocycles. The van der Waals surface area contributed by atoms with Crippen LogP contribution >= 0.6 is 0 Å². The Hall–Kier alpha value is -0.310. The van der Waals surface area contributed by atoms with Gasteiger partial charge in [0.25, 0.3) is 0 Å². The maximum atomic E-state index is 11.5. The molecule has 0 unspecified atom stereocenters. The summed E-state index contributed by atoms with van der Waals surface area (Å²) in [6.45, 7) is 2.11. The average molecular weight is 215 g/mol. The summed E-state index contributed by atoms with van der Waals surface area (Å²) >= 11 is 0. The first-order valence-electron chi connectivity index (χ1n) is 5.40. The van der Waals surface area contributed by atoms with Crippen LogP contribution in [0.4, 0.5) is 0 Å². The molecular formula is C11H19O2S+. The first-order chi connectivity index (χ1) is 6.72. The zero-order valence-corrected chi connectivity index (χ0v) is 9.70. The summed E-state index contributed by atoms with van der Waals surface area (Å²) in [7, 11) is 0.231. The Kier molecular flexibility index (Phi) is 5.23. The Morgan fingerprint density at radius 2 is 2.00 bits per heavy atom. The molecule has 0 atom stereocenters. The monoisotopic (exact) mass is 215 g/mol. The van der Waals surface area contributed by atoms with Crippen LogP contribution in [0.25, 0.3) is 0 Å². The first kappa shape index (κ1) is 11.8. The van der Waals surface area contributed by atoms with E-state index in [1.165, 1.54) is 0 Å². The van der Waals surface area contributed by atoms with Crippen LogP contribution in [0.3, 0.4) is 0 Å². The van der Waals surface area contributed by atoms with E-state index >= 15 is 0 Å². The molecule has 0 bridgehead atoms. The highest BCUT2D eigenvalue weighted by atomic mass is 32.2. The van der Waals surface area contributed by atoms with Gasteiger partial charge in [-0.3, -0.25) is 9.59 Å². The summed E-state index contributed by atoms with van der Waals surface area (Å²) in [4.78, 5) is 22.5. The van der Waals surface area contributed by atoms with E-state index in [2.05, 4.69) is 6.92 Å². The van der Waals surface area contributed by atoms with Crippen LogP contribution in [0.15, 0.2) is 0 Å². The van der Waals surface area contributed by atoms with Crippen molar-refractivity contribution in [2.45, 2.75) is 39.0 Å². The van der Waals surface area contributed by atoms with Gasteiger partial charge in [-0.1, -0.05) is 13.3 Å². The lowest BCUT2D eigenvalue weighted by Gasteiger charge is -2.12.